The highest BCUT2D eigenvalue weighted by Crippen LogP contribution is 2.43. The van der Waals surface area contributed by atoms with E-state index in [1.165, 1.54) is 25.7 Å². The highest BCUT2D eigenvalue weighted by molar-refractivity contribution is 5.77. The van der Waals surface area contributed by atoms with Crippen LogP contribution in [0, 0.1) is 35.5 Å². The van der Waals surface area contributed by atoms with Gasteiger partial charge < -0.3 is 0 Å². The van der Waals surface area contributed by atoms with Crippen molar-refractivity contribution < 1.29 is 9.59 Å². The smallest absolute Gasteiger partial charge is 0.240 e. The highest BCUT2D eigenvalue weighted by Gasteiger charge is 2.35. The van der Waals surface area contributed by atoms with Crippen molar-refractivity contribution in [1.82, 2.24) is 10.9 Å². The van der Waals surface area contributed by atoms with Gasteiger partial charge in [0.1, 0.15) is 0 Å². The second-order valence-corrected chi connectivity index (χ2v) is 9.43. The molecule has 0 radical (unpaired) electrons. The van der Waals surface area contributed by atoms with E-state index in [1.54, 1.807) is 0 Å². The Morgan fingerprint density at radius 1 is 0.700 bits per heavy atom. The summed E-state index contributed by atoms with van der Waals surface area (Å²) in [4.78, 5) is 23.7. The minimum absolute atomic E-state index is 0.0208. The van der Waals surface area contributed by atoms with Gasteiger partial charge in [-0.15, -0.1) is 0 Å². The second kappa shape index (κ2) is 10.2. The first kappa shape index (κ1) is 21.0. The first-order chi connectivity index (χ1) is 14.7. The summed E-state index contributed by atoms with van der Waals surface area (Å²) in [5, 5.41) is 8.30. The molecule has 4 aliphatic carbocycles. The molecule has 0 aliphatic heterocycles. The maximum atomic E-state index is 11.9. The monoisotopic (exact) mass is 410 g/mol. The first-order valence-corrected chi connectivity index (χ1v) is 11.7. The van der Waals surface area contributed by atoms with Crippen molar-refractivity contribution in [3.8, 4) is 0 Å². The number of carbonyl (C=O) groups excluding carboxylic acids is 2. The van der Waals surface area contributed by atoms with Gasteiger partial charge in [-0.25, -0.2) is 10.9 Å². The topological polar surface area (TPSA) is 82.9 Å². The van der Waals surface area contributed by atoms with E-state index in [1.807, 2.05) is 12.4 Å². The Hall–Kier alpha value is -2.24. The first-order valence-electron chi connectivity index (χ1n) is 11.7. The van der Waals surface area contributed by atoms with Crippen molar-refractivity contribution in [3.63, 3.8) is 0 Å². The molecule has 0 aromatic carbocycles. The maximum Gasteiger partial charge on any atom is 0.240 e. The fraction of sp³-hybridized carbons (Fsp3) is 0.667. The standard InChI is InChI=1S/C24H34N4O2/c29-23(27-25-15-21-13-17-7-9-19(21)11-17)5-3-1-2-4-6-24(30)28-26-16-22-14-18-8-10-20(22)12-18/h7-10,15-22H,1-6,11-14H2,(H,27,29)(H,28,30). The summed E-state index contributed by atoms with van der Waals surface area (Å²) >= 11 is 0. The molecule has 0 heterocycles. The van der Waals surface area contributed by atoms with Crippen LogP contribution in [0.15, 0.2) is 34.5 Å². The number of nitrogens with one attached hydrogen (secondary N) is 2. The Balaban J connectivity index is 0.981. The third kappa shape index (κ3) is 5.67. The number of nitrogens with zero attached hydrogens (tertiary/aromatic N) is 2. The molecule has 0 aromatic heterocycles. The van der Waals surface area contributed by atoms with E-state index in [4.69, 9.17) is 0 Å². The predicted molar refractivity (Wildman–Crippen MR) is 119 cm³/mol. The molecule has 30 heavy (non-hydrogen) atoms. The van der Waals surface area contributed by atoms with Crippen LogP contribution in [0.2, 0.25) is 0 Å². The van der Waals surface area contributed by atoms with E-state index in [-0.39, 0.29) is 11.8 Å². The van der Waals surface area contributed by atoms with Crippen LogP contribution in [0.5, 0.6) is 0 Å². The van der Waals surface area contributed by atoms with Crippen LogP contribution in [0.1, 0.15) is 64.2 Å². The van der Waals surface area contributed by atoms with E-state index in [0.29, 0.717) is 36.5 Å². The third-order valence-corrected chi connectivity index (χ3v) is 7.13. The molecule has 4 rings (SSSR count). The number of allylic oxidation sites excluding steroid dienone is 4. The van der Waals surface area contributed by atoms with Gasteiger partial charge in [-0.1, -0.05) is 37.1 Å². The fourth-order valence-corrected chi connectivity index (χ4v) is 5.44. The van der Waals surface area contributed by atoms with Crippen LogP contribution in [0.3, 0.4) is 0 Å². The molecule has 6 unspecified atom stereocenters. The average Bonchev–Trinajstić information content (AvgIpc) is 3.52. The van der Waals surface area contributed by atoms with Gasteiger partial charge in [-0.2, -0.15) is 10.2 Å². The molecule has 4 aliphatic rings. The molecule has 6 heteroatoms. The van der Waals surface area contributed by atoms with Crippen molar-refractivity contribution >= 4 is 24.2 Å². The van der Waals surface area contributed by atoms with Crippen molar-refractivity contribution in [2.45, 2.75) is 64.2 Å². The summed E-state index contributed by atoms with van der Waals surface area (Å²) < 4.78 is 0. The summed E-state index contributed by atoms with van der Waals surface area (Å²) in [7, 11) is 0. The molecule has 0 aromatic rings. The Bertz CT molecular complexity index is 679. The lowest BCUT2D eigenvalue weighted by Crippen LogP contribution is -2.19. The third-order valence-electron chi connectivity index (χ3n) is 7.13. The number of fused-ring (bicyclic) bond motifs is 4. The lowest BCUT2D eigenvalue weighted by Gasteiger charge is -2.12. The number of amides is 2. The zero-order chi connectivity index (χ0) is 20.8. The number of carbonyl (C=O) groups is 2. The maximum absolute atomic E-state index is 11.9. The SMILES string of the molecule is O=C(CCCCCCC(=O)NN=CC1CC2C=CC1C2)NN=CC1CC2C=CC1C2. The van der Waals surface area contributed by atoms with Gasteiger partial charge in [-0.3, -0.25) is 9.59 Å². The van der Waals surface area contributed by atoms with Crippen molar-refractivity contribution in [2.75, 3.05) is 0 Å². The van der Waals surface area contributed by atoms with E-state index in [2.05, 4.69) is 45.4 Å². The molecule has 4 bridgehead atoms. The predicted octanol–water partition coefficient (Wildman–Crippen LogP) is 3.96. The van der Waals surface area contributed by atoms with E-state index >= 15 is 0 Å². The Morgan fingerprint density at radius 2 is 1.17 bits per heavy atom. The van der Waals surface area contributed by atoms with Crippen molar-refractivity contribution in [3.05, 3.63) is 24.3 Å². The molecule has 6 atom stereocenters. The van der Waals surface area contributed by atoms with Crippen molar-refractivity contribution in [2.24, 2.45) is 45.7 Å². The minimum Gasteiger partial charge on any atom is -0.273 e. The summed E-state index contributed by atoms with van der Waals surface area (Å²) in [6.07, 6.45) is 22.4. The van der Waals surface area contributed by atoms with Gasteiger partial charge in [0.25, 0.3) is 0 Å². The summed E-state index contributed by atoms with van der Waals surface area (Å²) in [6, 6.07) is 0. The highest BCUT2D eigenvalue weighted by atomic mass is 16.2. The molecule has 2 amide bonds. The lowest BCUT2D eigenvalue weighted by atomic mass is 9.95. The van der Waals surface area contributed by atoms with E-state index < -0.39 is 0 Å². The lowest BCUT2D eigenvalue weighted by molar-refractivity contribution is -0.122. The molecule has 162 valence electrons. The number of hydrogen-bond acceptors (Lipinski definition) is 4. The van der Waals surface area contributed by atoms with E-state index in [0.717, 1.165) is 37.5 Å². The van der Waals surface area contributed by atoms with Crippen LogP contribution >= 0.6 is 0 Å². The van der Waals surface area contributed by atoms with Crippen LogP contribution in [0.25, 0.3) is 0 Å². The minimum atomic E-state index is -0.0208. The number of unbranched alkanes of at least 4 members (excludes halogenated alkanes) is 3. The molecular weight excluding hydrogens is 376 g/mol. The van der Waals surface area contributed by atoms with Crippen LogP contribution in [0.4, 0.5) is 0 Å². The fourth-order valence-electron chi connectivity index (χ4n) is 5.44. The van der Waals surface area contributed by atoms with Gasteiger partial charge in [0.05, 0.1) is 0 Å². The quantitative estimate of drug-likeness (QED) is 0.234. The Morgan fingerprint density at radius 3 is 1.53 bits per heavy atom. The summed E-state index contributed by atoms with van der Waals surface area (Å²) in [5.74, 6) is 3.61. The van der Waals surface area contributed by atoms with Gasteiger partial charge in [0.2, 0.25) is 11.8 Å². The largest absolute Gasteiger partial charge is 0.273 e. The van der Waals surface area contributed by atoms with Gasteiger partial charge in [0.15, 0.2) is 0 Å². The normalized spacial score (nSPS) is 33.3. The number of hydrazone groups is 2. The zero-order valence-electron chi connectivity index (χ0n) is 17.7. The number of rotatable bonds is 11. The van der Waals surface area contributed by atoms with Gasteiger partial charge >= 0.3 is 0 Å². The molecule has 0 saturated heterocycles. The van der Waals surface area contributed by atoms with Crippen LogP contribution in [-0.2, 0) is 9.59 Å². The average molecular weight is 411 g/mol. The summed E-state index contributed by atoms with van der Waals surface area (Å²) in [5.41, 5.74) is 5.31. The van der Waals surface area contributed by atoms with Gasteiger partial charge in [-0.05, 0) is 62.2 Å². The van der Waals surface area contributed by atoms with Gasteiger partial charge in [0, 0.05) is 37.1 Å². The zero-order valence-corrected chi connectivity index (χ0v) is 17.7. The summed E-state index contributed by atoms with van der Waals surface area (Å²) in [6.45, 7) is 0. The molecule has 2 saturated carbocycles. The molecule has 6 nitrogen and oxygen atoms in total. The van der Waals surface area contributed by atoms with Crippen molar-refractivity contribution in [1.29, 1.82) is 0 Å². The molecule has 2 fully saturated rings. The van der Waals surface area contributed by atoms with E-state index in [9.17, 15) is 9.59 Å². The van der Waals surface area contributed by atoms with Crippen LogP contribution < -0.4 is 10.9 Å². The Labute approximate surface area is 179 Å². The molecule has 2 N–H and O–H groups in total. The Kier molecular flexibility index (Phi) is 7.13. The number of hydrogen-bond donors (Lipinski definition) is 2. The second-order valence-electron chi connectivity index (χ2n) is 9.43. The molecular formula is C24H34N4O2. The molecule has 0 spiro atoms. The van der Waals surface area contributed by atoms with Crippen LogP contribution in [-0.4, -0.2) is 24.2 Å².